The zero-order valence-corrected chi connectivity index (χ0v) is 21.5. The molecule has 5 rings (SSSR count). The summed E-state index contributed by atoms with van der Waals surface area (Å²) >= 11 is 1.28. The highest BCUT2D eigenvalue weighted by Crippen LogP contribution is 2.31. The van der Waals surface area contributed by atoms with Crippen LogP contribution in [0.25, 0.3) is 6.08 Å². The van der Waals surface area contributed by atoms with Crippen molar-refractivity contribution in [3.8, 4) is 5.75 Å². The highest BCUT2D eigenvalue weighted by molar-refractivity contribution is 7.07. The van der Waals surface area contributed by atoms with Gasteiger partial charge in [0, 0.05) is 25.2 Å². The first kappa shape index (κ1) is 24.1. The molecule has 188 valence electrons. The molecule has 8 nitrogen and oxygen atoms in total. The number of fused-ring (bicyclic) bond motifs is 1. The molecule has 0 amide bonds. The summed E-state index contributed by atoms with van der Waals surface area (Å²) in [6.07, 6.45) is 5.31. The van der Waals surface area contributed by atoms with Gasteiger partial charge >= 0.3 is 5.97 Å². The van der Waals surface area contributed by atoms with E-state index in [1.54, 1.807) is 31.6 Å². The minimum absolute atomic E-state index is 0.229. The van der Waals surface area contributed by atoms with Crippen LogP contribution in [0.2, 0.25) is 0 Å². The van der Waals surface area contributed by atoms with E-state index < -0.39 is 12.0 Å². The third-order valence-electron chi connectivity index (χ3n) is 6.50. The van der Waals surface area contributed by atoms with Gasteiger partial charge in [-0.1, -0.05) is 23.5 Å². The molecule has 0 N–H and O–H groups in total. The van der Waals surface area contributed by atoms with Crippen molar-refractivity contribution in [2.24, 2.45) is 4.99 Å². The van der Waals surface area contributed by atoms with E-state index in [0.29, 0.717) is 32.1 Å². The molecular formula is C27H29N3O5S. The van der Waals surface area contributed by atoms with Crippen LogP contribution in [-0.2, 0) is 9.53 Å². The van der Waals surface area contributed by atoms with E-state index in [9.17, 15) is 9.59 Å². The number of benzene rings is 1. The van der Waals surface area contributed by atoms with Crippen LogP contribution in [0.4, 0.5) is 5.88 Å². The third kappa shape index (κ3) is 4.51. The lowest BCUT2D eigenvalue weighted by Gasteiger charge is -2.25. The highest BCUT2D eigenvalue weighted by Gasteiger charge is 2.33. The molecule has 4 heterocycles. The summed E-state index contributed by atoms with van der Waals surface area (Å²) in [5.41, 5.74) is 1.43. The summed E-state index contributed by atoms with van der Waals surface area (Å²) in [5, 5.41) is 0. The Labute approximate surface area is 212 Å². The molecule has 9 heteroatoms. The Morgan fingerprint density at radius 3 is 2.61 bits per heavy atom. The molecule has 0 radical (unpaired) electrons. The number of piperidine rings is 1. The second kappa shape index (κ2) is 10.2. The number of allylic oxidation sites excluding steroid dienone is 1. The maximum atomic E-state index is 13.7. The van der Waals surface area contributed by atoms with Crippen LogP contribution < -0.4 is 24.5 Å². The van der Waals surface area contributed by atoms with E-state index >= 15 is 0 Å². The molecule has 0 saturated carbocycles. The van der Waals surface area contributed by atoms with Gasteiger partial charge in [0.2, 0.25) is 0 Å². The maximum absolute atomic E-state index is 13.7. The fraction of sp³-hybridized carbons (Fsp3) is 0.370. The Balaban J connectivity index is 1.60. The summed E-state index contributed by atoms with van der Waals surface area (Å²) < 4.78 is 18.8. The van der Waals surface area contributed by atoms with Crippen molar-refractivity contribution in [1.29, 1.82) is 0 Å². The number of methoxy groups -OCH3 is 1. The maximum Gasteiger partial charge on any atom is 0.338 e. The van der Waals surface area contributed by atoms with Gasteiger partial charge in [-0.3, -0.25) is 9.36 Å². The van der Waals surface area contributed by atoms with Crippen LogP contribution in [0.3, 0.4) is 0 Å². The number of esters is 1. The van der Waals surface area contributed by atoms with Crippen molar-refractivity contribution in [1.82, 2.24) is 4.57 Å². The fourth-order valence-electron chi connectivity index (χ4n) is 4.73. The number of carbonyl (C=O) groups excluding carboxylic acids is 1. The first-order valence-electron chi connectivity index (χ1n) is 12.2. The van der Waals surface area contributed by atoms with E-state index in [2.05, 4.69) is 9.89 Å². The fourth-order valence-corrected chi connectivity index (χ4v) is 5.75. The van der Waals surface area contributed by atoms with Gasteiger partial charge in [-0.25, -0.2) is 9.79 Å². The van der Waals surface area contributed by atoms with Crippen LogP contribution in [0, 0.1) is 0 Å². The minimum atomic E-state index is -0.658. The second-order valence-corrected chi connectivity index (χ2v) is 9.81. The molecule has 0 aliphatic carbocycles. The number of ether oxygens (including phenoxy) is 2. The molecule has 2 aromatic heterocycles. The molecule has 1 atom stereocenters. The summed E-state index contributed by atoms with van der Waals surface area (Å²) in [6.45, 7) is 5.72. The smallest absolute Gasteiger partial charge is 0.338 e. The van der Waals surface area contributed by atoms with Gasteiger partial charge < -0.3 is 18.8 Å². The van der Waals surface area contributed by atoms with Crippen LogP contribution >= 0.6 is 11.3 Å². The zero-order chi connectivity index (χ0) is 25.2. The van der Waals surface area contributed by atoms with Crippen molar-refractivity contribution < 1.29 is 18.7 Å². The van der Waals surface area contributed by atoms with Crippen molar-refractivity contribution in [2.45, 2.75) is 39.2 Å². The van der Waals surface area contributed by atoms with Gasteiger partial charge in [-0.2, -0.15) is 0 Å². The van der Waals surface area contributed by atoms with E-state index in [1.165, 1.54) is 17.8 Å². The average molecular weight is 508 g/mol. The topological polar surface area (TPSA) is 86.3 Å². The quantitative estimate of drug-likeness (QED) is 0.476. The molecule has 1 fully saturated rings. The lowest BCUT2D eigenvalue weighted by Crippen LogP contribution is -2.39. The number of nitrogens with zero attached hydrogens (tertiary/aromatic N) is 3. The SMILES string of the molecule is CCOC(=O)C1=C(C)N=c2s/c(=C\c3ccc(N4CCCCC4)o3)c(=O)n2[C@@H]1c1ccc(OC)cc1. The standard InChI is InChI=1S/C27H29N3O5S/c1-4-34-26(32)23-17(2)28-27-30(24(23)18-8-10-19(33-3)11-9-18)25(31)21(36-27)16-20-12-13-22(35-20)29-14-6-5-7-15-29/h8-13,16,24H,4-7,14-15H2,1-3H3/b21-16-/t24-/m1/s1. The van der Waals surface area contributed by atoms with E-state index in [-0.39, 0.29) is 12.2 Å². The lowest BCUT2D eigenvalue weighted by molar-refractivity contribution is -0.139. The normalized spacial score (nSPS) is 18.1. The van der Waals surface area contributed by atoms with Crippen molar-refractivity contribution in [3.05, 3.63) is 78.7 Å². The lowest BCUT2D eigenvalue weighted by atomic mass is 9.96. The Kier molecular flexibility index (Phi) is 6.82. The second-order valence-electron chi connectivity index (χ2n) is 8.80. The summed E-state index contributed by atoms with van der Waals surface area (Å²) in [5.74, 6) is 1.64. The van der Waals surface area contributed by atoms with E-state index in [4.69, 9.17) is 13.9 Å². The number of hydrogen-bond acceptors (Lipinski definition) is 8. The number of aromatic nitrogens is 1. The molecular weight excluding hydrogens is 478 g/mol. The molecule has 0 unspecified atom stereocenters. The molecule has 1 aromatic carbocycles. The predicted octanol–water partition coefficient (Wildman–Crippen LogP) is 3.39. The van der Waals surface area contributed by atoms with Crippen LogP contribution in [0.1, 0.15) is 50.5 Å². The number of hydrogen-bond donors (Lipinski definition) is 0. The Bertz CT molecular complexity index is 1470. The molecule has 3 aromatic rings. The monoisotopic (exact) mass is 507 g/mol. The Hall–Kier alpha value is -3.59. The third-order valence-corrected chi connectivity index (χ3v) is 7.49. The number of rotatable bonds is 6. The van der Waals surface area contributed by atoms with E-state index in [1.807, 2.05) is 36.4 Å². The molecule has 2 aliphatic heterocycles. The number of anilines is 1. The first-order valence-corrected chi connectivity index (χ1v) is 13.0. The first-order chi connectivity index (χ1) is 17.5. The van der Waals surface area contributed by atoms with Crippen LogP contribution in [0.15, 0.2) is 61.9 Å². The Morgan fingerprint density at radius 2 is 1.92 bits per heavy atom. The predicted molar refractivity (Wildman–Crippen MR) is 138 cm³/mol. The molecule has 36 heavy (non-hydrogen) atoms. The van der Waals surface area contributed by atoms with Gasteiger partial charge in [-0.15, -0.1) is 0 Å². The molecule has 0 spiro atoms. The summed E-state index contributed by atoms with van der Waals surface area (Å²) in [4.78, 5) is 34.1. The molecule has 1 saturated heterocycles. The van der Waals surface area contributed by atoms with Gasteiger partial charge in [0.25, 0.3) is 5.56 Å². The Morgan fingerprint density at radius 1 is 1.17 bits per heavy atom. The van der Waals surface area contributed by atoms with Crippen molar-refractivity contribution >= 4 is 29.3 Å². The van der Waals surface area contributed by atoms with Crippen molar-refractivity contribution in [3.63, 3.8) is 0 Å². The minimum Gasteiger partial charge on any atom is -0.497 e. The van der Waals surface area contributed by atoms with E-state index in [0.717, 1.165) is 37.4 Å². The number of furan rings is 1. The zero-order valence-electron chi connectivity index (χ0n) is 20.7. The largest absolute Gasteiger partial charge is 0.497 e. The van der Waals surface area contributed by atoms with Crippen LogP contribution in [0.5, 0.6) is 5.75 Å². The number of carbonyl (C=O) groups is 1. The summed E-state index contributed by atoms with van der Waals surface area (Å²) in [7, 11) is 1.59. The van der Waals surface area contributed by atoms with Crippen LogP contribution in [-0.4, -0.2) is 37.3 Å². The van der Waals surface area contributed by atoms with Gasteiger partial charge in [-0.05, 0) is 56.9 Å². The molecule has 2 aliphatic rings. The highest BCUT2D eigenvalue weighted by atomic mass is 32.1. The average Bonchev–Trinajstić information content (AvgIpc) is 3.48. The van der Waals surface area contributed by atoms with Gasteiger partial charge in [0.15, 0.2) is 10.7 Å². The van der Waals surface area contributed by atoms with Crippen molar-refractivity contribution in [2.75, 3.05) is 31.7 Å². The van der Waals surface area contributed by atoms with Gasteiger partial charge in [0.05, 0.1) is 35.6 Å². The summed E-state index contributed by atoms with van der Waals surface area (Å²) in [6, 6.07) is 10.5. The van der Waals surface area contributed by atoms with Gasteiger partial charge in [0.1, 0.15) is 11.5 Å². The molecule has 0 bridgehead atoms. The number of thiazole rings is 1.